The molecule has 1 fully saturated rings. The highest BCUT2D eigenvalue weighted by Crippen LogP contribution is 2.20. The SMILES string of the molecule is O=C(c1nn(-c2ccccc2)cc1O)N1CCN(CCOc2ccc(Cl)cc2)CC1. The molecule has 0 radical (unpaired) electrons. The Hall–Kier alpha value is -3.03. The van der Waals surface area contributed by atoms with Gasteiger partial charge < -0.3 is 14.7 Å². The summed E-state index contributed by atoms with van der Waals surface area (Å²) >= 11 is 5.88. The average Bonchev–Trinajstić information content (AvgIpc) is 3.17. The number of para-hydroxylation sites is 1. The van der Waals surface area contributed by atoms with Crippen molar-refractivity contribution in [1.82, 2.24) is 19.6 Å². The molecule has 0 unspecified atom stereocenters. The first-order chi connectivity index (χ1) is 14.6. The number of rotatable bonds is 6. The zero-order valence-corrected chi connectivity index (χ0v) is 17.2. The van der Waals surface area contributed by atoms with Crippen molar-refractivity contribution >= 4 is 17.5 Å². The molecule has 3 aromatic rings. The van der Waals surface area contributed by atoms with E-state index in [1.165, 1.54) is 10.9 Å². The topological polar surface area (TPSA) is 70.8 Å². The molecule has 0 atom stereocenters. The van der Waals surface area contributed by atoms with Gasteiger partial charge >= 0.3 is 0 Å². The summed E-state index contributed by atoms with van der Waals surface area (Å²) in [4.78, 5) is 16.8. The van der Waals surface area contributed by atoms with Gasteiger partial charge in [0.1, 0.15) is 12.4 Å². The van der Waals surface area contributed by atoms with E-state index in [2.05, 4.69) is 10.00 Å². The largest absolute Gasteiger partial charge is 0.504 e. The van der Waals surface area contributed by atoms with Gasteiger partial charge in [0.25, 0.3) is 5.91 Å². The molecule has 7 nitrogen and oxygen atoms in total. The number of ether oxygens (including phenoxy) is 1. The molecule has 1 aliphatic rings. The van der Waals surface area contributed by atoms with Gasteiger partial charge in [0.05, 0.1) is 11.9 Å². The predicted molar refractivity (Wildman–Crippen MR) is 115 cm³/mol. The van der Waals surface area contributed by atoms with Crippen LogP contribution >= 0.6 is 11.6 Å². The summed E-state index contributed by atoms with van der Waals surface area (Å²) in [6, 6.07) is 16.7. The van der Waals surface area contributed by atoms with E-state index < -0.39 is 0 Å². The number of aromatic hydroxyl groups is 1. The first-order valence-corrected chi connectivity index (χ1v) is 10.2. The van der Waals surface area contributed by atoms with Gasteiger partial charge in [0.2, 0.25) is 0 Å². The lowest BCUT2D eigenvalue weighted by molar-refractivity contribution is 0.0611. The second kappa shape index (κ2) is 9.19. The number of halogens is 1. The summed E-state index contributed by atoms with van der Waals surface area (Å²) in [7, 11) is 0. The van der Waals surface area contributed by atoms with Gasteiger partial charge in [0.15, 0.2) is 11.4 Å². The van der Waals surface area contributed by atoms with Crippen LogP contribution in [0.5, 0.6) is 11.5 Å². The van der Waals surface area contributed by atoms with Crippen LogP contribution in [0.15, 0.2) is 60.8 Å². The molecular weight excluding hydrogens is 404 g/mol. The number of piperazine rings is 1. The molecular formula is C22H23ClN4O3. The van der Waals surface area contributed by atoms with Crippen molar-refractivity contribution < 1.29 is 14.6 Å². The molecule has 4 rings (SSSR count). The Morgan fingerprint density at radius 1 is 1.03 bits per heavy atom. The maximum Gasteiger partial charge on any atom is 0.278 e. The molecule has 0 spiro atoms. The third-order valence-corrected chi connectivity index (χ3v) is 5.32. The van der Waals surface area contributed by atoms with Crippen LogP contribution in [0, 0.1) is 0 Å². The van der Waals surface area contributed by atoms with Crippen LogP contribution in [0.25, 0.3) is 5.69 Å². The fourth-order valence-corrected chi connectivity index (χ4v) is 3.50. The molecule has 156 valence electrons. The van der Waals surface area contributed by atoms with Crippen LogP contribution in [-0.2, 0) is 0 Å². The van der Waals surface area contributed by atoms with Crippen LogP contribution < -0.4 is 4.74 Å². The summed E-state index contributed by atoms with van der Waals surface area (Å²) in [5.74, 6) is 0.430. The van der Waals surface area contributed by atoms with E-state index in [-0.39, 0.29) is 17.4 Å². The van der Waals surface area contributed by atoms with Crippen LogP contribution in [0.3, 0.4) is 0 Å². The Kier molecular flexibility index (Phi) is 6.21. The normalized spacial score (nSPS) is 14.6. The molecule has 1 amide bonds. The Balaban J connectivity index is 1.28. The van der Waals surface area contributed by atoms with E-state index in [1.54, 1.807) is 17.0 Å². The van der Waals surface area contributed by atoms with Crippen molar-refractivity contribution in [3.8, 4) is 17.2 Å². The summed E-state index contributed by atoms with van der Waals surface area (Å²) in [6.07, 6.45) is 1.47. The third kappa shape index (κ3) is 4.75. The standard InChI is InChI=1S/C22H23ClN4O3/c23-17-6-8-19(9-7-17)30-15-14-25-10-12-26(13-11-25)22(29)21-20(28)16-27(24-21)18-4-2-1-3-5-18/h1-9,16,28H,10-15H2. The minimum absolute atomic E-state index is 0.0818. The molecule has 1 aromatic heterocycles. The van der Waals surface area contributed by atoms with E-state index in [4.69, 9.17) is 16.3 Å². The monoisotopic (exact) mass is 426 g/mol. The molecule has 2 aromatic carbocycles. The van der Waals surface area contributed by atoms with Gasteiger partial charge in [-0.05, 0) is 36.4 Å². The van der Waals surface area contributed by atoms with E-state index >= 15 is 0 Å². The molecule has 0 saturated carbocycles. The Bertz CT molecular complexity index is 983. The Morgan fingerprint density at radius 3 is 2.43 bits per heavy atom. The molecule has 2 heterocycles. The van der Waals surface area contributed by atoms with Gasteiger partial charge in [-0.25, -0.2) is 4.68 Å². The van der Waals surface area contributed by atoms with Crippen molar-refractivity contribution in [3.05, 3.63) is 71.5 Å². The summed E-state index contributed by atoms with van der Waals surface area (Å²) in [5.41, 5.74) is 0.871. The number of hydrogen-bond donors (Lipinski definition) is 1. The molecule has 0 aliphatic carbocycles. The zero-order valence-electron chi connectivity index (χ0n) is 16.4. The van der Waals surface area contributed by atoms with Gasteiger partial charge in [-0.15, -0.1) is 0 Å². The van der Waals surface area contributed by atoms with Crippen molar-refractivity contribution in [2.75, 3.05) is 39.3 Å². The molecule has 1 aliphatic heterocycles. The van der Waals surface area contributed by atoms with Gasteiger partial charge in [-0.3, -0.25) is 9.69 Å². The first kappa shape index (κ1) is 20.3. The lowest BCUT2D eigenvalue weighted by Gasteiger charge is -2.34. The highest BCUT2D eigenvalue weighted by molar-refractivity contribution is 6.30. The zero-order chi connectivity index (χ0) is 20.9. The van der Waals surface area contributed by atoms with E-state index in [1.807, 2.05) is 42.5 Å². The van der Waals surface area contributed by atoms with E-state index in [9.17, 15) is 9.90 Å². The fraction of sp³-hybridized carbons (Fsp3) is 0.273. The number of amides is 1. The second-order valence-corrected chi connectivity index (χ2v) is 7.52. The number of nitrogens with zero attached hydrogens (tertiary/aromatic N) is 4. The first-order valence-electron chi connectivity index (χ1n) is 9.84. The van der Waals surface area contributed by atoms with Crippen molar-refractivity contribution in [2.45, 2.75) is 0 Å². The van der Waals surface area contributed by atoms with Gasteiger partial charge in [0, 0.05) is 37.7 Å². The summed E-state index contributed by atoms with van der Waals surface area (Å²) in [5, 5.41) is 15.2. The maximum absolute atomic E-state index is 12.8. The molecule has 8 heteroatoms. The number of aromatic nitrogens is 2. The smallest absolute Gasteiger partial charge is 0.278 e. The third-order valence-electron chi connectivity index (χ3n) is 5.07. The predicted octanol–water partition coefficient (Wildman–Crippen LogP) is 3.07. The highest BCUT2D eigenvalue weighted by atomic mass is 35.5. The van der Waals surface area contributed by atoms with E-state index in [0.29, 0.717) is 24.7 Å². The second-order valence-electron chi connectivity index (χ2n) is 7.08. The lowest BCUT2D eigenvalue weighted by Crippen LogP contribution is -2.49. The quantitative estimate of drug-likeness (QED) is 0.656. The van der Waals surface area contributed by atoms with Crippen LogP contribution in [-0.4, -0.2) is 69.9 Å². The number of benzene rings is 2. The van der Waals surface area contributed by atoms with Crippen LogP contribution in [0.2, 0.25) is 5.02 Å². The van der Waals surface area contributed by atoms with Crippen LogP contribution in [0.4, 0.5) is 0 Å². The molecule has 0 bridgehead atoms. The summed E-state index contributed by atoms with van der Waals surface area (Å²) < 4.78 is 7.26. The highest BCUT2D eigenvalue weighted by Gasteiger charge is 2.26. The molecule has 1 N–H and O–H groups in total. The fourth-order valence-electron chi connectivity index (χ4n) is 3.38. The Labute approximate surface area is 180 Å². The maximum atomic E-state index is 12.8. The summed E-state index contributed by atoms with van der Waals surface area (Å²) in [6.45, 7) is 4.00. The number of hydrogen-bond acceptors (Lipinski definition) is 5. The van der Waals surface area contributed by atoms with Gasteiger partial charge in [-0.2, -0.15) is 5.10 Å². The van der Waals surface area contributed by atoms with Crippen molar-refractivity contribution in [1.29, 1.82) is 0 Å². The number of carbonyl (C=O) groups is 1. The van der Waals surface area contributed by atoms with Crippen molar-refractivity contribution in [3.63, 3.8) is 0 Å². The molecule has 1 saturated heterocycles. The lowest BCUT2D eigenvalue weighted by atomic mass is 10.2. The van der Waals surface area contributed by atoms with Gasteiger partial charge in [-0.1, -0.05) is 29.8 Å². The van der Waals surface area contributed by atoms with Crippen molar-refractivity contribution in [2.24, 2.45) is 0 Å². The molecule has 30 heavy (non-hydrogen) atoms. The minimum atomic E-state index is -0.251. The average molecular weight is 427 g/mol. The number of carbonyl (C=O) groups excluding carboxylic acids is 1. The van der Waals surface area contributed by atoms with Crippen LogP contribution in [0.1, 0.15) is 10.5 Å². The Morgan fingerprint density at radius 2 is 1.73 bits per heavy atom. The minimum Gasteiger partial charge on any atom is -0.504 e. The van der Waals surface area contributed by atoms with E-state index in [0.717, 1.165) is 31.1 Å².